The Labute approximate surface area is 103 Å². The summed E-state index contributed by atoms with van der Waals surface area (Å²) in [4.78, 5) is 13.6. The number of amides is 1. The van der Waals surface area contributed by atoms with Crippen LogP contribution in [0.2, 0.25) is 0 Å². The average molecular weight is 235 g/mol. The summed E-state index contributed by atoms with van der Waals surface area (Å²) in [6, 6.07) is 7.31. The molecule has 4 heteroatoms. The number of benzene rings is 1. The van der Waals surface area contributed by atoms with E-state index in [4.69, 9.17) is 5.73 Å². The van der Waals surface area contributed by atoms with E-state index in [1.807, 2.05) is 24.3 Å². The molecule has 4 nitrogen and oxygen atoms in total. The van der Waals surface area contributed by atoms with Crippen LogP contribution in [0, 0.1) is 0 Å². The molecule has 1 atom stereocenters. The molecule has 0 aromatic heterocycles. The van der Waals surface area contributed by atoms with Crippen molar-refractivity contribution in [1.82, 2.24) is 0 Å². The Morgan fingerprint density at radius 1 is 1.29 bits per heavy atom. The molecule has 1 rings (SSSR count). The maximum absolute atomic E-state index is 11.4. The van der Waals surface area contributed by atoms with Gasteiger partial charge in [-0.1, -0.05) is 0 Å². The van der Waals surface area contributed by atoms with Gasteiger partial charge in [-0.3, -0.25) is 4.79 Å². The zero-order chi connectivity index (χ0) is 12.8. The molecule has 0 aliphatic heterocycles. The molecule has 1 amide bonds. The molecule has 0 saturated heterocycles. The van der Waals surface area contributed by atoms with Crippen molar-refractivity contribution in [3.8, 4) is 0 Å². The zero-order valence-corrected chi connectivity index (χ0v) is 10.7. The topological polar surface area (TPSA) is 58.4 Å². The lowest BCUT2D eigenvalue weighted by atomic mass is 10.2. The predicted octanol–water partition coefficient (Wildman–Crippen LogP) is 1.82. The molecule has 0 heterocycles. The molecule has 94 valence electrons. The van der Waals surface area contributed by atoms with E-state index in [2.05, 4.69) is 24.1 Å². The minimum atomic E-state index is -0.488. The first-order chi connectivity index (χ1) is 8.08. The van der Waals surface area contributed by atoms with Crippen LogP contribution in [-0.2, 0) is 4.79 Å². The van der Waals surface area contributed by atoms with Crippen molar-refractivity contribution in [2.24, 2.45) is 5.73 Å². The van der Waals surface area contributed by atoms with Gasteiger partial charge in [-0.05, 0) is 45.0 Å². The largest absolute Gasteiger partial charge is 0.372 e. The molecule has 0 bridgehead atoms. The van der Waals surface area contributed by atoms with Gasteiger partial charge in [0.2, 0.25) is 5.91 Å². The van der Waals surface area contributed by atoms with E-state index >= 15 is 0 Å². The van der Waals surface area contributed by atoms with Crippen molar-refractivity contribution in [2.75, 3.05) is 23.3 Å². The Morgan fingerprint density at radius 2 is 1.82 bits per heavy atom. The Balaban J connectivity index is 2.71. The number of rotatable bonds is 5. The number of carbonyl (C=O) groups is 1. The zero-order valence-electron chi connectivity index (χ0n) is 10.7. The lowest BCUT2D eigenvalue weighted by molar-refractivity contribution is -0.117. The molecule has 0 saturated carbocycles. The summed E-state index contributed by atoms with van der Waals surface area (Å²) in [5, 5.41) is 2.76. The average Bonchev–Trinajstić information content (AvgIpc) is 2.32. The van der Waals surface area contributed by atoms with Crippen LogP contribution in [0.5, 0.6) is 0 Å². The minimum Gasteiger partial charge on any atom is -0.372 e. The molecule has 0 spiro atoms. The van der Waals surface area contributed by atoms with Gasteiger partial charge in [-0.2, -0.15) is 0 Å². The number of hydrogen-bond donors (Lipinski definition) is 2. The normalized spacial score (nSPS) is 12.0. The lowest BCUT2D eigenvalue weighted by Gasteiger charge is -2.21. The third kappa shape index (κ3) is 3.75. The van der Waals surface area contributed by atoms with Gasteiger partial charge in [-0.25, -0.2) is 0 Å². The first-order valence-electron chi connectivity index (χ1n) is 6.00. The third-order valence-corrected chi connectivity index (χ3v) is 2.68. The van der Waals surface area contributed by atoms with Crippen LogP contribution in [-0.4, -0.2) is 25.0 Å². The second kappa shape index (κ2) is 6.25. The van der Waals surface area contributed by atoms with Crippen molar-refractivity contribution < 1.29 is 4.79 Å². The van der Waals surface area contributed by atoms with Crippen LogP contribution in [0.25, 0.3) is 0 Å². The van der Waals surface area contributed by atoms with Gasteiger partial charge in [0.05, 0.1) is 6.04 Å². The molecule has 0 aliphatic carbocycles. The van der Waals surface area contributed by atoms with E-state index in [0.29, 0.717) is 0 Å². The smallest absolute Gasteiger partial charge is 0.240 e. The minimum absolute atomic E-state index is 0.166. The van der Waals surface area contributed by atoms with E-state index in [0.717, 1.165) is 24.5 Å². The maximum atomic E-state index is 11.4. The number of carbonyl (C=O) groups excluding carboxylic acids is 1. The fourth-order valence-electron chi connectivity index (χ4n) is 1.60. The highest BCUT2D eigenvalue weighted by Crippen LogP contribution is 2.17. The van der Waals surface area contributed by atoms with Crippen molar-refractivity contribution >= 4 is 17.3 Å². The summed E-state index contributed by atoms with van der Waals surface area (Å²) in [5.74, 6) is -0.166. The summed E-state index contributed by atoms with van der Waals surface area (Å²) in [7, 11) is 0. The molecule has 17 heavy (non-hydrogen) atoms. The van der Waals surface area contributed by atoms with Crippen molar-refractivity contribution in [3.63, 3.8) is 0 Å². The lowest BCUT2D eigenvalue weighted by Crippen LogP contribution is -2.32. The van der Waals surface area contributed by atoms with Crippen LogP contribution in [0.15, 0.2) is 24.3 Å². The van der Waals surface area contributed by atoms with E-state index in [9.17, 15) is 4.79 Å². The van der Waals surface area contributed by atoms with Gasteiger partial charge in [0.25, 0.3) is 0 Å². The predicted molar refractivity (Wildman–Crippen MR) is 72.3 cm³/mol. The summed E-state index contributed by atoms with van der Waals surface area (Å²) in [6.45, 7) is 7.86. The highest BCUT2D eigenvalue weighted by atomic mass is 16.2. The summed E-state index contributed by atoms with van der Waals surface area (Å²) in [5.41, 5.74) is 7.43. The van der Waals surface area contributed by atoms with E-state index in [-0.39, 0.29) is 5.91 Å². The maximum Gasteiger partial charge on any atom is 0.240 e. The third-order valence-electron chi connectivity index (χ3n) is 2.68. The second-order valence-corrected chi connectivity index (χ2v) is 4.00. The molecular weight excluding hydrogens is 214 g/mol. The molecule has 1 aromatic rings. The van der Waals surface area contributed by atoms with Crippen molar-refractivity contribution in [2.45, 2.75) is 26.8 Å². The number of hydrogen-bond acceptors (Lipinski definition) is 3. The molecule has 0 fully saturated rings. The monoisotopic (exact) mass is 235 g/mol. The Hall–Kier alpha value is -1.55. The molecule has 0 aliphatic rings. The highest BCUT2D eigenvalue weighted by molar-refractivity contribution is 5.94. The van der Waals surface area contributed by atoms with Crippen molar-refractivity contribution in [3.05, 3.63) is 24.3 Å². The van der Waals surface area contributed by atoms with E-state index in [1.165, 1.54) is 0 Å². The number of anilines is 2. The first kappa shape index (κ1) is 13.5. The Bertz CT molecular complexity index is 355. The standard InChI is InChI=1S/C13H21N3O/c1-4-16(5-2)12-8-6-11(7-9-12)15-13(17)10(3)14/h6-10H,4-5,14H2,1-3H3,(H,15,17). The van der Waals surface area contributed by atoms with E-state index in [1.54, 1.807) is 6.92 Å². The van der Waals surface area contributed by atoms with Gasteiger partial charge in [0, 0.05) is 24.5 Å². The van der Waals surface area contributed by atoms with Crippen LogP contribution < -0.4 is 16.0 Å². The SMILES string of the molecule is CCN(CC)c1ccc(NC(=O)C(C)N)cc1. The summed E-state index contributed by atoms with van der Waals surface area (Å²) >= 11 is 0. The van der Waals surface area contributed by atoms with Gasteiger partial charge in [0.15, 0.2) is 0 Å². The van der Waals surface area contributed by atoms with Crippen molar-refractivity contribution in [1.29, 1.82) is 0 Å². The summed E-state index contributed by atoms with van der Waals surface area (Å²) < 4.78 is 0. The fraction of sp³-hybridized carbons (Fsp3) is 0.462. The van der Waals surface area contributed by atoms with Gasteiger partial charge < -0.3 is 16.0 Å². The molecular formula is C13H21N3O. The van der Waals surface area contributed by atoms with Gasteiger partial charge in [-0.15, -0.1) is 0 Å². The van der Waals surface area contributed by atoms with Crippen LogP contribution in [0.4, 0.5) is 11.4 Å². The molecule has 1 aromatic carbocycles. The summed E-state index contributed by atoms with van der Waals surface area (Å²) in [6.07, 6.45) is 0. The van der Waals surface area contributed by atoms with Crippen LogP contribution in [0.1, 0.15) is 20.8 Å². The van der Waals surface area contributed by atoms with Crippen LogP contribution in [0.3, 0.4) is 0 Å². The molecule has 1 unspecified atom stereocenters. The number of nitrogens with zero attached hydrogens (tertiary/aromatic N) is 1. The second-order valence-electron chi connectivity index (χ2n) is 4.00. The highest BCUT2D eigenvalue weighted by Gasteiger charge is 2.07. The van der Waals surface area contributed by atoms with Crippen LogP contribution >= 0.6 is 0 Å². The van der Waals surface area contributed by atoms with E-state index < -0.39 is 6.04 Å². The Kier molecular flexibility index (Phi) is 4.97. The first-order valence-corrected chi connectivity index (χ1v) is 6.00. The fourth-order valence-corrected chi connectivity index (χ4v) is 1.60. The van der Waals surface area contributed by atoms with Gasteiger partial charge >= 0.3 is 0 Å². The quantitative estimate of drug-likeness (QED) is 0.818. The molecule has 3 N–H and O–H groups in total. The molecule has 0 radical (unpaired) electrons. The number of nitrogens with two attached hydrogens (primary N) is 1. The van der Waals surface area contributed by atoms with Gasteiger partial charge in [0.1, 0.15) is 0 Å². The number of nitrogens with one attached hydrogen (secondary N) is 1. The Morgan fingerprint density at radius 3 is 2.24 bits per heavy atom.